The van der Waals surface area contributed by atoms with Crippen LogP contribution in [0.1, 0.15) is 26.7 Å². The van der Waals surface area contributed by atoms with E-state index in [9.17, 15) is 13.2 Å². The first kappa shape index (κ1) is 16.4. The molecule has 0 saturated heterocycles. The highest BCUT2D eigenvalue weighted by atomic mass is 32.2. The fourth-order valence-electron chi connectivity index (χ4n) is 1.19. The van der Waals surface area contributed by atoms with E-state index in [0.29, 0.717) is 38.4 Å². The minimum Gasteiger partial charge on any atom is -0.356 e. The number of carbonyl (C=O) groups is 1. The molecule has 0 spiro atoms. The Balaban J connectivity index is 3.37. The number of amides is 1. The molecule has 0 fully saturated rings. The third kappa shape index (κ3) is 13.3. The van der Waals surface area contributed by atoms with Crippen molar-refractivity contribution < 1.29 is 13.2 Å². The molecule has 2 N–H and O–H groups in total. The van der Waals surface area contributed by atoms with Crippen LogP contribution in [0, 0.1) is 5.92 Å². The summed E-state index contributed by atoms with van der Waals surface area (Å²) in [6.45, 7) is 6.01. The smallest absolute Gasteiger partial charge is 0.221 e. The van der Waals surface area contributed by atoms with E-state index in [1.807, 2.05) is 13.8 Å². The van der Waals surface area contributed by atoms with Crippen molar-refractivity contribution in [1.29, 1.82) is 0 Å². The molecule has 0 saturated carbocycles. The van der Waals surface area contributed by atoms with Crippen LogP contribution in [0.2, 0.25) is 0 Å². The molecule has 0 aromatic carbocycles. The minimum atomic E-state index is -2.87. The molecule has 6 heteroatoms. The quantitative estimate of drug-likeness (QED) is 0.582. The van der Waals surface area contributed by atoms with Gasteiger partial charge in [0.2, 0.25) is 5.91 Å². The second-order valence-electron chi connectivity index (χ2n) is 4.68. The summed E-state index contributed by atoms with van der Waals surface area (Å²) in [6.07, 6.45) is 2.25. The molecule has 17 heavy (non-hydrogen) atoms. The van der Waals surface area contributed by atoms with Gasteiger partial charge in [-0.05, 0) is 18.9 Å². The molecular weight excluding hydrogens is 240 g/mol. The zero-order chi connectivity index (χ0) is 13.3. The van der Waals surface area contributed by atoms with Gasteiger partial charge in [0.1, 0.15) is 9.84 Å². The van der Waals surface area contributed by atoms with Gasteiger partial charge in [-0.25, -0.2) is 8.42 Å². The molecule has 102 valence electrons. The Morgan fingerprint density at radius 1 is 1.24 bits per heavy atom. The Morgan fingerprint density at radius 2 is 1.88 bits per heavy atom. The fraction of sp³-hybridized carbons (Fsp3) is 0.909. The van der Waals surface area contributed by atoms with Crippen molar-refractivity contribution in [2.75, 3.05) is 31.6 Å². The third-order valence-corrected chi connectivity index (χ3v) is 3.14. The average Bonchev–Trinajstić information content (AvgIpc) is 2.18. The summed E-state index contributed by atoms with van der Waals surface area (Å²) < 4.78 is 21.7. The Morgan fingerprint density at radius 3 is 2.41 bits per heavy atom. The Kier molecular flexibility index (Phi) is 8.16. The summed E-state index contributed by atoms with van der Waals surface area (Å²) in [5, 5.41) is 5.87. The van der Waals surface area contributed by atoms with E-state index in [4.69, 9.17) is 0 Å². The van der Waals surface area contributed by atoms with E-state index in [1.165, 1.54) is 6.26 Å². The normalized spacial score (nSPS) is 11.8. The van der Waals surface area contributed by atoms with Crippen molar-refractivity contribution >= 4 is 15.7 Å². The van der Waals surface area contributed by atoms with Crippen LogP contribution in [0.15, 0.2) is 0 Å². The van der Waals surface area contributed by atoms with Crippen LogP contribution in [-0.4, -0.2) is 46.0 Å². The SMILES string of the molecule is CC(C)CNC(=O)CCNCCCS(C)(=O)=O. The summed E-state index contributed by atoms with van der Waals surface area (Å²) >= 11 is 0. The van der Waals surface area contributed by atoms with Crippen molar-refractivity contribution in [2.24, 2.45) is 5.92 Å². The minimum absolute atomic E-state index is 0.0364. The topological polar surface area (TPSA) is 75.3 Å². The Hall–Kier alpha value is -0.620. The van der Waals surface area contributed by atoms with E-state index >= 15 is 0 Å². The number of carbonyl (C=O) groups excluding carboxylic acids is 1. The second-order valence-corrected chi connectivity index (χ2v) is 6.94. The van der Waals surface area contributed by atoms with Crippen LogP contribution in [0.25, 0.3) is 0 Å². The summed E-state index contributed by atoms with van der Waals surface area (Å²) in [5.74, 6) is 0.690. The lowest BCUT2D eigenvalue weighted by Gasteiger charge is -2.08. The molecule has 1 amide bonds. The van der Waals surface area contributed by atoms with Crippen LogP contribution >= 0.6 is 0 Å². The monoisotopic (exact) mass is 264 g/mol. The number of sulfone groups is 1. The fourth-order valence-corrected chi connectivity index (χ4v) is 1.86. The third-order valence-electron chi connectivity index (χ3n) is 2.10. The molecule has 0 unspecified atom stereocenters. The predicted molar refractivity (Wildman–Crippen MR) is 69.7 cm³/mol. The van der Waals surface area contributed by atoms with Gasteiger partial charge in [0.25, 0.3) is 0 Å². The maximum absolute atomic E-state index is 11.3. The lowest BCUT2D eigenvalue weighted by molar-refractivity contribution is -0.121. The molecular formula is C11H24N2O3S. The average molecular weight is 264 g/mol. The van der Waals surface area contributed by atoms with Gasteiger partial charge in [-0.1, -0.05) is 13.8 Å². The molecule has 0 aromatic rings. The zero-order valence-corrected chi connectivity index (χ0v) is 11.8. The highest BCUT2D eigenvalue weighted by Crippen LogP contribution is 1.89. The molecule has 0 aliphatic heterocycles. The van der Waals surface area contributed by atoms with Gasteiger partial charge in [-0.15, -0.1) is 0 Å². The summed E-state index contributed by atoms with van der Waals surface area (Å²) in [5.41, 5.74) is 0. The molecule has 0 heterocycles. The van der Waals surface area contributed by atoms with Crippen LogP contribution in [0.4, 0.5) is 0 Å². The highest BCUT2D eigenvalue weighted by Gasteiger charge is 2.03. The molecule has 0 aliphatic rings. The molecule has 0 aromatic heterocycles. The molecule has 0 atom stereocenters. The number of rotatable bonds is 9. The van der Waals surface area contributed by atoms with E-state index in [-0.39, 0.29) is 11.7 Å². The molecule has 0 bridgehead atoms. The van der Waals surface area contributed by atoms with Crippen LogP contribution in [-0.2, 0) is 14.6 Å². The first-order chi connectivity index (χ1) is 7.81. The van der Waals surface area contributed by atoms with E-state index < -0.39 is 9.84 Å². The van der Waals surface area contributed by atoms with Crippen LogP contribution < -0.4 is 10.6 Å². The zero-order valence-electron chi connectivity index (χ0n) is 11.0. The van der Waals surface area contributed by atoms with Gasteiger partial charge in [0, 0.05) is 25.8 Å². The Bertz CT molecular complexity index is 313. The van der Waals surface area contributed by atoms with Crippen molar-refractivity contribution in [3.63, 3.8) is 0 Å². The van der Waals surface area contributed by atoms with Crippen molar-refractivity contribution in [1.82, 2.24) is 10.6 Å². The van der Waals surface area contributed by atoms with Gasteiger partial charge < -0.3 is 10.6 Å². The lowest BCUT2D eigenvalue weighted by atomic mass is 10.2. The predicted octanol–water partition coefficient (Wildman–Crippen LogP) is 0.173. The second kappa shape index (κ2) is 8.47. The summed E-state index contributed by atoms with van der Waals surface area (Å²) in [7, 11) is -2.87. The number of hydrogen-bond acceptors (Lipinski definition) is 4. The van der Waals surface area contributed by atoms with Gasteiger partial charge in [0.05, 0.1) is 5.75 Å². The lowest BCUT2D eigenvalue weighted by Crippen LogP contribution is -2.30. The van der Waals surface area contributed by atoms with E-state index in [2.05, 4.69) is 10.6 Å². The van der Waals surface area contributed by atoms with Crippen molar-refractivity contribution in [3.05, 3.63) is 0 Å². The molecule has 0 rings (SSSR count). The van der Waals surface area contributed by atoms with Gasteiger partial charge >= 0.3 is 0 Å². The maximum Gasteiger partial charge on any atom is 0.221 e. The molecule has 0 aliphatic carbocycles. The van der Waals surface area contributed by atoms with Gasteiger partial charge in [-0.3, -0.25) is 4.79 Å². The largest absolute Gasteiger partial charge is 0.356 e. The first-order valence-electron chi connectivity index (χ1n) is 5.96. The highest BCUT2D eigenvalue weighted by molar-refractivity contribution is 7.90. The van der Waals surface area contributed by atoms with Crippen LogP contribution in [0.5, 0.6) is 0 Å². The molecule has 5 nitrogen and oxygen atoms in total. The van der Waals surface area contributed by atoms with Gasteiger partial charge in [-0.2, -0.15) is 0 Å². The van der Waals surface area contributed by atoms with E-state index in [1.54, 1.807) is 0 Å². The first-order valence-corrected chi connectivity index (χ1v) is 8.02. The van der Waals surface area contributed by atoms with Crippen molar-refractivity contribution in [3.8, 4) is 0 Å². The van der Waals surface area contributed by atoms with E-state index in [0.717, 1.165) is 0 Å². The Labute approximate surface area is 104 Å². The number of nitrogens with one attached hydrogen (secondary N) is 2. The standard InChI is InChI=1S/C11H24N2O3S/c1-10(2)9-13-11(14)5-7-12-6-4-8-17(3,15)16/h10,12H,4-9H2,1-3H3,(H,13,14). The van der Waals surface area contributed by atoms with Crippen LogP contribution in [0.3, 0.4) is 0 Å². The summed E-state index contributed by atoms with van der Waals surface area (Å²) in [4.78, 5) is 11.3. The maximum atomic E-state index is 11.3. The molecule has 0 radical (unpaired) electrons. The van der Waals surface area contributed by atoms with Crippen molar-refractivity contribution in [2.45, 2.75) is 26.7 Å². The number of hydrogen-bond donors (Lipinski definition) is 2. The van der Waals surface area contributed by atoms with Gasteiger partial charge in [0.15, 0.2) is 0 Å². The summed E-state index contributed by atoms with van der Waals surface area (Å²) in [6, 6.07) is 0.